The van der Waals surface area contributed by atoms with Gasteiger partial charge in [-0.05, 0) is 65.3 Å². The van der Waals surface area contributed by atoms with Crippen molar-refractivity contribution in [2.24, 2.45) is 0 Å². The maximum Gasteiger partial charge on any atom is 0.304 e. The van der Waals surface area contributed by atoms with E-state index in [1.165, 1.54) is 22.9 Å². The maximum absolute atomic E-state index is 11.3. The minimum Gasteiger partial charge on any atom is -0.493 e. The predicted molar refractivity (Wildman–Crippen MR) is 140 cm³/mol. The van der Waals surface area contributed by atoms with Crippen molar-refractivity contribution in [3.8, 4) is 28.4 Å². The lowest BCUT2D eigenvalue weighted by atomic mass is 9.81. The molecule has 1 aliphatic heterocycles. The molecule has 1 N–H and O–H groups in total. The molecule has 3 aromatic rings. The van der Waals surface area contributed by atoms with Crippen molar-refractivity contribution >= 4 is 15.8 Å². The summed E-state index contributed by atoms with van der Waals surface area (Å²) in [6, 6.07) is 17.9. The van der Waals surface area contributed by atoms with Crippen LogP contribution in [0, 0.1) is 0 Å². The number of hydrogen-bond donors (Lipinski definition) is 1. The molecule has 5 rings (SSSR count). The highest BCUT2D eigenvalue weighted by atomic mass is 32.2. The van der Waals surface area contributed by atoms with E-state index in [9.17, 15) is 13.2 Å². The van der Waals surface area contributed by atoms with Gasteiger partial charge in [0.15, 0.2) is 0 Å². The monoisotopic (exact) mass is 522 g/mol. The highest BCUT2D eigenvalue weighted by Crippen LogP contribution is 2.40. The van der Waals surface area contributed by atoms with E-state index in [0.717, 1.165) is 35.3 Å². The summed E-state index contributed by atoms with van der Waals surface area (Å²) < 4.78 is 40.3. The van der Waals surface area contributed by atoms with Crippen LogP contribution in [0.15, 0.2) is 54.6 Å². The summed E-state index contributed by atoms with van der Waals surface area (Å²) in [4.78, 5) is 11.1. The number of fused-ring (bicyclic) bond motifs is 2. The molecule has 0 saturated carbocycles. The molecule has 1 heterocycles. The molecule has 7 nitrogen and oxygen atoms in total. The Morgan fingerprint density at radius 1 is 1.05 bits per heavy atom. The van der Waals surface area contributed by atoms with Gasteiger partial charge in [-0.3, -0.25) is 4.79 Å². The number of aliphatic carboxylic acids is 1. The van der Waals surface area contributed by atoms with Crippen molar-refractivity contribution < 1.29 is 32.5 Å². The molecule has 0 amide bonds. The fraction of sp³-hybridized carbons (Fsp3) is 0.345. The van der Waals surface area contributed by atoms with E-state index in [4.69, 9.17) is 19.3 Å². The largest absolute Gasteiger partial charge is 0.493 e. The third kappa shape index (κ3) is 5.91. The number of ether oxygens (including phenoxy) is 3. The maximum atomic E-state index is 11.3. The van der Waals surface area contributed by atoms with Gasteiger partial charge in [-0.2, -0.15) is 0 Å². The zero-order valence-electron chi connectivity index (χ0n) is 20.7. The van der Waals surface area contributed by atoms with Gasteiger partial charge in [0.2, 0.25) is 0 Å². The zero-order valence-corrected chi connectivity index (χ0v) is 21.6. The van der Waals surface area contributed by atoms with E-state index in [1.807, 2.05) is 36.4 Å². The Hall–Kier alpha value is -3.52. The van der Waals surface area contributed by atoms with Gasteiger partial charge in [0, 0.05) is 23.8 Å². The van der Waals surface area contributed by atoms with Crippen LogP contribution in [-0.4, -0.2) is 44.7 Å². The summed E-state index contributed by atoms with van der Waals surface area (Å²) in [6.07, 6.45) is 3.73. The van der Waals surface area contributed by atoms with Crippen molar-refractivity contribution in [2.45, 2.75) is 38.2 Å². The topological polar surface area (TPSA) is 99.1 Å². The molecule has 3 aromatic carbocycles. The zero-order chi connectivity index (χ0) is 26.0. The average molecular weight is 523 g/mol. The lowest BCUT2D eigenvalue weighted by molar-refractivity contribution is -0.137. The Labute approximate surface area is 216 Å². The molecule has 0 fully saturated rings. The van der Waals surface area contributed by atoms with Gasteiger partial charge in [0.25, 0.3) is 0 Å². The summed E-state index contributed by atoms with van der Waals surface area (Å²) in [5.41, 5.74) is 6.74. The van der Waals surface area contributed by atoms with Crippen LogP contribution in [0.3, 0.4) is 0 Å². The number of rotatable bonds is 11. The minimum atomic E-state index is -2.98. The molecule has 1 aliphatic carbocycles. The van der Waals surface area contributed by atoms with Crippen LogP contribution >= 0.6 is 0 Å². The van der Waals surface area contributed by atoms with Crippen molar-refractivity contribution in [2.75, 3.05) is 25.2 Å². The van der Waals surface area contributed by atoms with Gasteiger partial charge < -0.3 is 19.3 Å². The Morgan fingerprint density at radius 3 is 2.65 bits per heavy atom. The third-order valence-corrected chi connectivity index (χ3v) is 7.89. The van der Waals surface area contributed by atoms with Crippen LogP contribution in [-0.2, 0) is 34.1 Å². The summed E-state index contributed by atoms with van der Waals surface area (Å²) >= 11 is 0. The first-order chi connectivity index (χ1) is 17.8. The van der Waals surface area contributed by atoms with Crippen molar-refractivity contribution in [3.05, 3.63) is 76.9 Å². The summed E-state index contributed by atoms with van der Waals surface area (Å²) in [7, 11) is -2.98. The van der Waals surface area contributed by atoms with Crippen LogP contribution in [0.4, 0.5) is 0 Å². The molecular weight excluding hydrogens is 492 g/mol. The van der Waals surface area contributed by atoms with Crippen LogP contribution < -0.4 is 14.2 Å². The number of benzene rings is 3. The molecule has 8 heteroatoms. The Balaban J connectivity index is 1.24. The third-order valence-electron chi connectivity index (χ3n) is 6.86. The SMILES string of the molecule is CS(=O)(=O)CCCOc1ccc(-c2cccc(COc3ccc4c(c3)OCC4CC(=O)O)c2)c2c1CC2. The van der Waals surface area contributed by atoms with Gasteiger partial charge in [0.05, 0.1) is 25.4 Å². The minimum absolute atomic E-state index is 0.0555. The summed E-state index contributed by atoms with van der Waals surface area (Å²) in [5.74, 6) is 1.40. The molecule has 2 aliphatic rings. The van der Waals surface area contributed by atoms with Crippen LogP contribution in [0.2, 0.25) is 0 Å². The molecular formula is C29H30O7S. The average Bonchev–Trinajstić information content (AvgIpc) is 3.22. The fourth-order valence-electron chi connectivity index (χ4n) is 4.94. The molecule has 0 bridgehead atoms. The summed E-state index contributed by atoms with van der Waals surface area (Å²) in [5, 5.41) is 9.08. The molecule has 1 unspecified atom stereocenters. The van der Waals surface area contributed by atoms with E-state index in [-0.39, 0.29) is 18.1 Å². The van der Waals surface area contributed by atoms with Gasteiger partial charge in [0.1, 0.15) is 33.7 Å². The standard InChI is InChI=1S/C29H30O7S/c1-37(32,33)13-3-12-34-27-11-10-23(25-8-9-26(25)27)20-5-2-4-19(14-20)17-35-22-6-7-24-21(15-29(30)31)18-36-28(24)16-22/h2,4-7,10-11,14,16,21H,3,8-9,12-13,15,17-18H2,1H3,(H,30,31). The lowest BCUT2D eigenvalue weighted by Crippen LogP contribution is -2.14. The van der Waals surface area contributed by atoms with Gasteiger partial charge in [-0.25, -0.2) is 8.42 Å². The van der Waals surface area contributed by atoms with Crippen molar-refractivity contribution in [1.29, 1.82) is 0 Å². The fourth-order valence-corrected chi connectivity index (χ4v) is 5.58. The number of carbonyl (C=O) groups is 1. The normalized spacial score (nSPS) is 15.8. The number of carboxylic acids is 1. The summed E-state index contributed by atoms with van der Waals surface area (Å²) in [6.45, 7) is 1.16. The number of carboxylic acid groups (broad SMARTS) is 1. The van der Waals surface area contributed by atoms with Gasteiger partial charge in [-0.15, -0.1) is 0 Å². The van der Waals surface area contributed by atoms with E-state index in [1.54, 1.807) is 0 Å². The molecule has 194 valence electrons. The van der Waals surface area contributed by atoms with Crippen molar-refractivity contribution in [3.63, 3.8) is 0 Å². The lowest BCUT2D eigenvalue weighted by Gasteiger charge is -2.26. The highest BCUT2D eigenvalue weighted by Gasteiger charge is 2.27. The van der Waals surface area contributed by atoms with Gasteiger partial charge >= 0.3 is 5.97 Å². The van der Waals surface area contributed by atoms with E-state index in [2.05, 4.69) is 18.2 Å². The van der Waals surface area contributed by atoms with E-state index in [0.29, 0.717) is 37.7 Å². The second-order valence-corrected chi connectivity index (χ2v) is 12.0. The van der Waals surface area contributed by atoms with E-state index < -0.39 is 15.8 Å². The Morgan fingerprint density at radius 2 is 1.89 bits per heavy atom. The van der Waals surface area contributed by atoms with E-state index >= 15 is 0 Å². The first kappa shape index (κ1) is 25.1. The quantitative estimate of drug-likeness (QED) is 0.361. The van der Waals surface area contributed by atoms with Crippen molar-refractivity contribution in [1.82, 2.24) is 0 Å². The van der Waals surface area contributed by atoms with Crippen LogP contribution in [0.25, 0.3) is 11.1 Å². The number of sulfone groups is 1. The Bertz CT molecular complexity index is 1430. The first-order valence-corrected chi connectivity index (χ1v) is 14.5. The second-order valence-electron chi connectivity index (χ2n) is 9.69. The Kier molecular flexibility index (Phi) is 7.11. The molecule has 1 atom stereocenters. The molecule has 0 spiro atoms. The van der Waals surface area contributed by atoms with Crippen LogP contribution in [0.1, 0.15) is 41.0 Å². The molecule has 0 radical (unpaired) electrons. The second kappa shape index (κ2) is 10.5. The highest BCUT2D eigenvalue weighted by molar-refractivity contribution is 7.90. The van der Waals surface area contributed by atoms with Crippen LogP contribution in [0.5, 0.6) is 17.2 Å². The van der Waals surface area contributed by atoms with Gasteiger partial charge in [-0.1, -0.05) is 30.3 Å². The molecule has 0 aromatic heterocycles. The first-order valence-electron chi connectivity index (χ1n) is 12.4. The number of hydrogen-bond acceptors (Lipinski definition) is 6. The molecule has 37 heavy (non-hydrogen) atoms. The molecule has 0 saturated heterocycles. The smallest absolute Gasteiger partial charge is 0.304 e. The predicted octanol–water partition coefficient (Wildman–Crippen LogP) is 4.80.